The molecule has 0 unspecified atom stereocenters. The summed E-state index contributed by atoms with van der Waals surface area (Å²) >= 11 is 1.23. The minimum atomic E-state index is -1.18. The highest BCUT2D eigenvalue weighted by atomic mass is 32.2. The summed E-state index contributed by atoms with van der Waals surface area (Å²) in [4.78, 5) is 38.3. The number of thioether (sulfide) groups is 1. The van der Waals surface area contributed by atoms with Crippen LogP contribution in [0.15, 0.2) is 65.4 Å². The quantitative estimate of drug-likeness (QED) is 0.386. The highest BCUT2D eigenvalue weighted by Crippen LogP contribution is 2.47. The summed E-state index contributed by atoms with van der Waals surface area (Å²) in [6.07, 6.45) is -0.899. The van der Waals surface area contributed by atoms with Gasteiger partial charge in [0.25, 0.3) is 0 Å². The molecule has 2 aliphatic heterocycles. The molecule has 0 N–H and O–H groups in total. The molecule has 9 heteroatoms. The maximum atomic E-state index is 12.8. The molecule has 156 valence electrons. The van der Waals surface area contributed by atoms with Crippen molar-refractivity contribution in [2.24, 2.45) is 0 Å². The van der Waals surface area contributed by atoms with Crippen LogP contribution in [0, 0.1) is 11.3 Å². The van der Waals surface area contributed by atoms with Crippen molar-refractivity contribution in [3.8, 4) is 11.8 Å². The molecule has 2 aromatic rings. The molecule has 0 aliphatic carbocycles. The number of fused-ring (bicyclic) bond motifs is 1. The van der Waals surface area contributed by atoms with Crippen LogP contribution in [0.3, 0.4) is 0 Å². The van der Waals surface area contributed by atoms with Crippen molar-refractivity contribution < 1.29 is 28.6 Å². The molecule has 0 radical (unpaired) electrons. The first-order valence-electron chi connectivity index (χ1n) is 9.34. The molecular formula is C22H16N2O6S. The fourth-order valence-electron chi connectivity index (χ4n) is 3.01. The third kappa shape index (κ3) is 4.25. The summed E-state index contributed by atoms with van der Waals surface area (Å²) in [6.45, 7) is 1.41. The number of nitrogens with zero attached hydrogens (tertiary/aromatic N) is 2. The molecule has 1 saturated heterocycles. The molecule has 0 bridgehead atoms. The molecule has 0 saturated carbocycles. The lowest BCUT2D eigenvalue weighted by atomic mass is 10.2. The van der Waals surface area contributed by atoms with Gasteiger partial charge in [0, 0.05) is 6.92 Å². The van der Waals surface area contributed by atoms with Gasteiger partial charge in [-0.25, -0.2) is 9.59 Å². The lowest BCUT2D eigenvalue weighted by Crippen LogP contribution is -2.49. The van der Waals surface area contributed by atoms with E-state index in [1.165, 1.54) is 23.6 Å². The van der Waals surface area contributed by atoms with Crippen LogP contribution in [0.4, 0.5) is 0 Å². The summed E-state index contributed by atoms with van der Waals surface area (Å²) in [5.41, 5.74) is 0.759. The number of nitriles is 1. The minimum Gasteiger partial charge on any atom is -0.448 e. The van der Waals surface area contributed by atoms with E-state index >= 15 is 0 Å². The van der Waals surface area contributed by atoms with Crippen LogP contribution in [0.5, 0.6) is 5.75 Å². The van der Waals surface area contributed by atoms with E-state index in [9.17, 15) is 14.4 Å². The predicted molar refractivity (Wildman–Crippen MR) is 109 cm³/mol. The molecule has 4 rings (SSSR count). The number of hydrogen-bond acceptors (Lipinski definition) is 8. The number of hydrogen-bond donors (Lipinski definition) is 0. The van der Waals surface area contributed by atoms with Crippen LogP contribution in [0.2, 0.25) is 0 Å². The Labute approximate surface area is 182 Å². The lowest BCUT2D eigenvalue weighted by Gasteiger charge is -2.34. The zero-order valence-electron chi connectivity index (χ0n) is 16.3. The average molecular weight is 436 g/mol. The second-order valence-corrected chi connectivity index (χ2v) is 7.81. The van der Waals surface area contributed by atoms with Gasteiger partial charge in [0.2, 0.25) is 12.2 Å². The van der Waals surface area contributed by atoms with Gasteiger partial charge in [0.05, 0.1) is 29.0 Å². The van der Waals surface area contributed by atoms with Gasteiger partial charge in [-0.1, -0.05) is 30.0 Å². The molecule has 0 spiro atoms. The third-order valence-corrected chi connectivity index (χ3v) is 5.67. The first-order chi connectivity index (χ1) is 15.0. The highest BCUT2D eigenvalue weighted by molar-refractivity contribution is 8.03. The Kier molecular flexibility index (Phi) is 5.64. The lowest BCUT2D eigenvalue weighted by molar-refractivity contribution is -0.165. The van der Waals surface area contributed by atoms with E-state index in [0.717, 1.165) is 0 Å². The van der Waals surface area contributed by atoms with Crippen molar-refractivity contribution in [1.82, 2.24) is 4.90 Å². The Bertz CT molecular complexity index is 1110. The predicted octanol–water partition coefficient (Wildman–Crippen LogP) is 3.16. The normalized spacial score (nSPS) is 17.9. The highest BCUT2D eigenvalue weighted by Gasteiger charge is 2.50. The Morgan fingerprint density at radius 2 is 1.77 bits per heavy atom. The maximum Gasteiger partial charge on any atom is 0.362 e. The summed E-state index contributed by atoms with van der Waals surface area (Å²) in [6, 6.07) is 16.7. The van der Waals surface area contributed by atoms with E-state index in [-0.39, 0.29) is 28.5 Å². The molecule has 2 heterocycles. The maximum absolute atomic E-state index is 12.8. The Morgan fingerprint density at radius 3 is 2.42 bits per heavy atom. The summed E-state index contributed by atoms with van der Waals surface area (Å²) < 4.78 is 16.2. The number of esters is 2. The van der Waals surface area contributed by atoms with Crippen LogP contribution >= 0.6 is 11.8 Å². The van der Waals surface area contributed by atoms with Crippen LogP contribution in [-0.4, -0.2) is 34.4 Å². The largest absolute Gasteiger partial charge is 0.448 e. The number of benzene rings is 2. The number of carbonyl (C=O) groups is 3. The molecule has 31 heavy (non-hydrogen) atoms. The number of carbonyl (C=O) groups excluding carboxylic acids is 3. The van der Waals surface area contributed by atoms with Crippen molar-refractivity contribution in [3.05, 3.63) is 76.5 Å². The van der Waals surface area contributed by atoms with Gasteiger partial charge in [-0.3, -0.25) is 9.69 Å². The van der Waals surface area contributed by atoms with Crippen LogP contribution in [0.1, 0.15) is 29.3 Å². The van der Waals surface area contributed by atoms with E-state index in [0.29, 0.717) is 16.9 Å². The van der Waals surface area contributed by atoms with Gasteiger partial charge in [-0.05, 0) is 36.4 Å². The fraction of sp³-hybridized carbons (Fsp3) is 0.182. The van der Waals surface area contributed by atoms with Crippen molar-refractivity contribution in [2.45, 2.75) is 25.0 Å². The third-order valence-electron chi connectivity index (χ3n) is 4.53. The molecule has 1 amide bonds. The van der Waals surface area contributed by atoms with E-state index in [4.69, 9.17) is 19.5 Å². The van der Waals surface area contributed by atoms with Crippen molar-refractivity contribution in [3.63, 3.8) is 0 Å². The molecular weight excluding hydrogens is 420 g/mol. The molecule has 2 atom stereocenters. The summed E-state index contributed by atoms with van der Waals surface area (Å²) in [5.74, 6) is -1.29. The molecule has 2 aromatic carbocycles. The fourth-order valence-corrected chi connectivity index (χ4v) is 4.25. The summed E-state index contributed by atoms with van der Waals surface area (Å²) in [7, 11) is 0. The molecule has 0 aromatic heterocycles. The minimum absolute atomic E-state index is 0.0294. The second kappa shape index (κ2) is 8.53. The van der Waals surface area contributed by atoms with Crippen LogP contribution in [0.25, 0.3) is 0 Å². The number of β-lactam (4-membered cyclic amide) rings is 1. The molecule has 2 aliphatic rings. The van der Waals surface area contributed by atoms with Gasteiger partial charge < -0.3 is 14.2 Å². The SMILES string of the molecule is C[C@@H](OC(=O)C1=C(Oc2ccc(C#N)cc2)S[C@H]2CC(=O)N12)OC(=O)c1ccccc1. The number of amides is 1. The topological polar surface area (TPSA) is 106 Å². The first-order valence-corrected chi connectivity index (χ1v) is 10.2. The van der Waals surface area contributed by atoms with E-state index in [2.05, 4.69) is 0 Å². The number of rotatable bonds is 6. The van der Waals surface area contributed by atoms with E-state index in [1.54, 1.807) is 54.6 Å². The Hall–Kier alpha value is -3.77. The standard InChI is InChI=1S/C22H16N2O6S/c1-13(28-20(26)15-5-3-2-4-6-15)29-21(27)19-22(31-18-11-17(25)24(18)19)30-16-9-7-14(12-23)8-10-16/h2-10,13,18H,11H2,1H3/t13-,18+/m1/s1. The molecule has 1 fully saturated rings. The zero-order valence-corrected chi connectivity index (χ0v) is 17.1. The van der Waals surface area contributed by atoms with Gasteiger partial charge in [0.1, 0.15) is 5.75 Å². The summed E-state index contributed by atoms with van der Waals surface area (Å²) in [5, 5.41) is 8.88. The first kappa shape index (κ1) is 20.5. The Morgan fingerprint density at radius 1 is 1.10 bits per heavy atom. The van der Waals surface area contributed by atoms with E-state index < -0.39 is 18.2 Å². The second-order valence-electron chi connectivity index (χ2n) is 6.66. The smallest absolute Gasteiger partial charge is 0.362 e. The van der Waals surface area contributed by atoms with E-state index in [1.807, 2.05) is 6.07 Å². The van der Waals surface area contributed by atoms with Gasteiger partial charge >= 0.3 is 11.9 Å². The van der Waals surface area contributed by atoms with Crippen molar-refractivity contribution in [1.29, 1.82) is 5.26 Å². The van der Waals surface area contributed by atoms with Gasteiger partial charge in [-0.15, -0.1) is 0 Å². The average Bonchev–Trinajstić information content (AvgIpc) is 3.06. The van der Waals surface area contributed by atoms with Crippen LogP contribution < -0.4 is 4.74 Å². The van der Waals surface area contributed by atoms with Gasteiger partial charge in [0.15, 0.2) is 10.8 Å². The van der Waals surface area contributed by atoms with Crippen LogP contribution in [-0.2, 0) is 19.1 Å². The molecule has 8 nitrogen and oxygen atoms in total. The Balaban J connectivity index is 1.48. The van der Waals surface area contributed by atoms with Crippen molar-refractivity contribution >= 4 is 29.6 Å². The monoisotopic (exact) mass is 436 g/mol. The van der Waals surface area contributed by atoms with Gasteiger partial charge in [-0.2, -0.15) is 5.26 Å². The number of ether oxygens (including phenoxy) is 3. The zero-order chi connectivity index (χ0) is 22.0. The van der Waals surface area contributed by atoms with Crippen molar-refractivity contribution in [2.75, 3.05) is 0 Å².